The molecule has 0 aliphatic carbocycles. The van der Waals surface area contributed by atoms with Crippen molar-refractivity contribution in [1.29, 1.82) is 0 Å². The third-order valence-corrected chi connectivity index (χ3v) is 7.45. The van der Waals surface area contributed by atoms with E-state index < -0.39 is 0 Å². The van der Waals surface area contributed by atoms with E-state index in [4.69, 9.17) is 4.74 Å². The van der Waals surface area contributed by atoms with E-state index in [-0.39, 0.29) is 35.2 Å². The van der Waals surface area contributed by atoms with E-state index in [2.05, 4.69) is 0 Å². The number of piperidine rings is 1. The minimum Gasteiger partial charge on any atom is -0.497 e. The zero-order valence-corrected chi connectivity index (χ0v) is 18.8. The Morgan fingerprint density at radius 1 is 1.16 bits per heavy atom. The van der Waals surface area contributed by atoms with Crippen LogP contribution < -0.4 is 4.74 Å². The monoisotopic (exact) mass is 428 g/mol. The van der Waals surface area contributed by atoms with E-state index in [1.165, 1.54) is 0 Å². The average Bonchev–Trinajstić information content (AvgIpc) is 3.29. The van der Waals surface area contributed by atoms with Gasteiger partial charge in [-0.2, -0.15) is 0 Å². The number of hydrogen-bond acceptors (Lipinski definition) is 4. The van der Waals surface area contributed by atoms with Crippen LogP contribution in [-0.4, -0.2) is 97.4 Å². The Hall–Kier alpha value is -2.77. The molecule has 0 radical (unpaired) electrons. The Bertz CT molecular complexity index is 878. The van der Waals surface area contributed by atoms with Gasteiger partial charge >= 0.3 is 6.03 Å². The highest BCUT2D eigenvalue weighted by molar-refractivity contribution is 5.85. The predicted octanol–water partition coefficient (Wildman–Crippen LogP) is 1.30. The third kappa shape index (κ3) is 3.62. The van der Waals surface area contributed by atoms with Gasteiger partial charge in [-0.05, 0) is 30.5 Å². The zero-order chi connectivity index (χ0) is 22.3. The summed E-state index contributed by atoms with van der Waals surface area (Å²) in [5, 5.41) is 0. The van der Waals surface area contributed by atoms with Crippen molar-refractivity contribution < 1.29 is 19.1 Å². The van der Waals surface area contributed by atoms with Crippen molar-refractivity contribution in [3.63, 3.8) is 0 Å². The lowest BCUT2D eigenvalue weighted by Gasteiger charge is -2.46. The molecule has 0 saturated carbocycles. The maximum Gasteiger partial charge on any atom is 0.319 e. The van der Waals surface area contributed by atoms with Gasteiger partial charge in [0.25, 0.3) is 0 Å². The number of methoxy groups -OCH3 is 1. The molecule has 4 rings (SSSR count). The molecule has 3 aliphatic heterocycles. The van der Waals surface area contributed by atoms with Gasteiger partial charge in [0.15, 0.2) is 0 Å². The van der Waals surface area contributed by atoms with E-state index >= 15 is 0 Å². The van der Waals surface area contributed by atoms with Crippen molar-refractivity contribution in [2.24, 2.45) is 11.8 Å². The lowest BCUT2D eigenvalue weighted by molar-refractivity contribution is -0.136. The molecular weight excluding hydrogens is 396 g/mol. The van der Waals surface area contributed by atoms with Gasteiger partial charge < -0.3 is 24.3 Å². The molecule has 3 saturated heterocycles. The summed E-state index contributed by atoms with van der Waals surface area (Å²) in [5.74, 6) is 0.980. The first-order chi connectivity index (χ1) is 14.8. The molecule has 1 spiro atoms. The van der Waals surface area contributed by atoms with Crippen LogP contribution in [0.1, 0.15) is 18.4 Å². The molecule has 0 N–H and O–H groups in total. The number of benzene rings is 1. The maximum absolute atomic E-state index is 13.0. The quantitative estimate of drug-likeness (QED) is 0.728. The van der Waals surface area contributed by atoms with Crippen molar-refractivity contribution in [1.82, 2.24) is 19.6 Å². The van der Waals surface area contributed by atoms with Crippen LogP contribution in [0.2, 0.25) is 0 Å². The minimum atomic E-state index is -0.268. The SMILES string of the molecule is COc1cccc(CC(=O)N2CCC3(CC2)[C@@H]2CN(C(=O)N(C)C)C[C@@H]2C(=O)N3C)c1. The highest BCUT2D eigenvalue weighted by Crippen LogP contribution is 2.49. The zero-order valence-electron chi connectivity index (χ0n) is 18.8. The topological polar surface area (TPSA) is 73.4 Å². The molecule has 8 nitrogen and oxygen atoms in total. The smallest absolute Gasteiger partial charge is 0.319 e. The Labute approximate surface area is 183 Å². The second-order valence-corrected chi connectivity index (χ2v) is 9.20. The summed E-state index contributed by atoms with van der Waals surface area (Å²) >= 11 is 0. The fraction of sp³-hybridized carbons (Fsp3) is 0.609. The van der Waals surface area contributed by atoms with Gasteiger partial charge in [0.1, 0.15) is 5.75 Å². The molecule has 31 heavy (non-hydrogen) atoms. The predicted molar refractivity (Wildman–Crippen MR) is 116 cm³/mol. The molecule has 3 fully saturated rings. The summed E-state index contributed by atoms with van der Waals surface area (Å²) in [4.78, 5) is 45.6. The highest BCUT2D eigenvalue weighted by atomic mass is 16.5. The van der Waals surface area contributed by atoms with Gasteiger partial charge in [-0.3, -0.25) is 9.59 Å². The van der Waals surface area contributed by atoms with Crippen molar-refractivity contribution in [3.05, 3.63) is 29.8 Å². The molecule has 2 atom stereocenters. The lowest BCUT2D eigenvalue weighted by Crippen LogP contribution is -2.57. The molecule has 0 bridgehead atoms. The Balaban J connectivity index is 1.43. The number of likely N-dealkylation sites (tertiary alicyclic amines) is 3. The van der Waals surface area contributed by atoms with E-state index in [1.54, 1.807) is 26.1 Å². The van der Waals surface area contributed by atoms with Crippen LogP contribution in [0, 0.1) is 11.8 Å². The lowest BCUT2D eigenvalue weighted by atomic mass is 9.75. The van der Waals surface area contributed by atoms with E-state index in [0.29, 0.717) is 32.6 Å². The Kier molecular flexibility index (Phi) is 5.58. The Morgan fingerprint density at radius 3 is 2.52 bits per heavy atom. The number of fused-ring (bicyclic) bond motifs is 2. The number of carbonyl (C=O) groups excluding carboxylic acids is 3. The van der Waals surface area contributed by atoms with Crippen LogP contribution in [0.3, 0.4) is 0 Å². The summed E-state index contributed by atoms with van der Waals surface area (Å²) in [6, 6.07) is 7.56. The molecule has 3 heterocycles. The molecule has 1 aromatic rings. The van der Waals surface area contributed by atoms with E-state index in [0.717, 1.165) is 24.2 Å². The first kappa shape index (κ1) is 21.5. The molecule has 8 heteroatoms. The number of amides is 4. The van der Waals surface area contributed by atoms with Gasteiger partial charge in [0.05, 0.1) is 25.0 Å². The molecule has 3 aliphatic rings. The average molecular weight is 429 g/mol. The summed E-state index contributed by atoms with van der Waals surface area (Å²) in [6.45, 7) is 2.36. The number of ether oxygens (including phenoxy) is 1. The molecular formula is C23H32N4O4. The van der Waals surface area contributed by atoms with Gasteiger partial charge in [0.2, 0.25) is 11.8 Å². The van der Waals surface area contributed by atoms with Gasteiger partial charge in [-0.1, -0.05) is 12.1 Å². The molecule has 0 aromatic heterocycles. The fourth-order valence-electron chi connectivity index (χ4n) is 5.67. The van der Waals surface area contributed by atoms with Crippen LogP contribution in [0.4, 0.5) is 4.79 Å². The summed E-state index contributed by atoms with van der Waals surface area (Å²) in [7, 11) is 7.00. The molecule has 1 aromatic carbocycles. The molecule has 4 amide bonds. The summed E-state index contributed by atoms with van der Waals surface area (Å²) < 4.78 is 5.25. The minimum absolute atomic E-state index is 0.0362. The van der Waals surface area contributed by atoms with E-state index in [1.807, 2.05) is 46.0 Å². The highest BCUT2D eigenvalue weighted by Gasteiger charge is 2.61. The maximum atomic E-state index is 13.0. The normalized spacial score (nSPS) is 24.5. The third-order valence-electron chi connectivity index (χ3n) is 7.45. The number of urea groups is 1. The first-order valence-electron chi connectivity index (χ1n) is 10.9. The Morgan fingerprint density at radius 2 is 1.87 bits per heavy atom. The summed E-state index contributed by atoms with van der Waals surface area (Å²) in [6.07, 6.45) is 1.85. The number of nitrogens with zero attached hydrogens (tertiary/aromatic N) is 4. The summed E-state index contributed by atoms with van der Waals surface area (Å²) in [5.41, 5.74) is 0.669. The van der Waals surface area contributed by atoms with Gasteiger partial charge in [-0.15, -0.1) is 0 Å². The van der Waals surface area contributed by atoms with Crippen LogP contribution in [-0.2, 0) is 16.0 Å². The number of carbonyl (C=O) groups is 3. The van der Waals surface area contributed by atoms with Crippen molar-refractivity contribution in [2.45, 2.75) is 24.8 Å². The van der Waals surface area contributed by atoms with Crippen molar-refractivity contribution in [2.75, 3.05) is 54.4 Å². The first-order valence-corrected chi connectivity index (χ1v) is 10.9. The largest absolute Gasteiger partial charge is 0.497 e. The number of rotatable bonds is 3. The van der Waals surface area contributed by atoms with Crippen LogP contribution >= 0.6 is 0 Å². The fourth-order valence-corrected chi connectivity index (χ4v) is 5.67. The van der Waals surface area contributed by atoms with Gasteiger partial charge in [-0.25, -0.2) is 4.79 Å². The van der Waals surface area contributed by atoms with Crippen LogP contribution in [0.15, 0.2) is 24.3 Å². The number of hydrogen-bond donors (Lipinski definition) is 0. The van der Waals surface area contributed by atoms with E-state index in [9.17, 15) is 14.4 Å². The standard InChI is InChI=1S/C23H32N4O4/c1-24(2)22(30)27-14-18-19(15-27)23(25(3)21(18)29)8-10-26(11-9-23)20(28)13-16-6-5-7-17(12-16)31-4/h5-7,12,18-19H,8-11,13-15H2,1-4H3/t18-,19+/m0/s1. The van der Waals surface area contributed by atoms with Crippen LogP contribution in [0.25, 0.3) is 0 Å². The van der Waals surface area contributed by atoms with Crippen molar-refractivity contribution in [3.8, 4) is 5.75 Å². The molecule has 168 valence electrons. The second kappa shape index (κ2) is 8.05. The second-order valence-electron chi connectivity index (χ2n) is 9.20. The van der Waals surface area contributed by atoms with Gasteiger partial charge in [0, 0.05) is 53.2 Å². The van der Waals surface area contributed by atoms with Crippen LogP contribution in [0.5, 0.6) is 5.75 Å². The van der Waals surface area contributed by atoms with Crippen molar-refractivity contribution >= 4 is 17.8 Å². The molecule has 0 unspecified atom stereocenters.